The summed E-state index contributed by atoms with van der Waals surface area (Å²) in [6, 6.07) is 6.05. The first kappa shape index (κ1) is 22.4. The Bertz CT molecular complexity index is 927. The lowest BCUT2D eigenvalue weighted by Crippen LogP contribution is -2.39. The zero-order valence-corrected chi connectivity index (χ0v) is 18.8. The minimum absolute atomic E-state index is 0.231. The maximum Gasteiger partial charge on any atom is 0.341 e. The Morgan fingerprint density at radius 2 is 2.10 bits per heavy atom. The summed E-state index contributed by atoms with van der Waals surface area (Å²) >= 11 is 1.47. The number of benzene rings is 1. The second-order valence-corrected chi connectivity index (χ2v) is 9.05. The number of esters is 1. The molecule has 3 rings (SSSR count). The highest BCUT2D eigenvalue weighted by atomic mass is 32.1. The van der Waals surface area contributed by atoms with Crippen LogP contribution in [-0.4, -0.2) is 36.5 Å². The van der Waals surface area contributed by atoms with E-state index in [4.69, 9.17) is 4.74 Å². The van der Waals surface area contributed by atoms with Crippen LogP contribution >= 0.6 is 11.3 Å². The highest BCUT2D eigenvalue weighted by molar-refractivity contribution is 7.17. The summed E-state index contributed by atoms with van der Waals surface area (Å²) in [6.45, 7) is 6.34. The first-order valence-electron chi connectivity index (χ1n) is 10.4. The number of fused-ring (bicyclic) bond motifs is 1. The quantitative estimate of drug-likeness (QED) is 0.647. The third-order valence-electron chi connectivity index (χ3n) is 5.65. The number of thiophene rings is 1. The second kappa shape index (κ2) is 9.71. The van der Waals surface area contributed by atoms with Crippen LogP contribution in [0.2, 0.25) is 0 Å². The van der Waals surface area contributed by atoms with Gasteiger partial charge in [-0.1, -0.05) is 25.1 Å². The van der Waals surface area contributed by atoms with Gasteiger partial charge in [0.05, 0.1) is 18.2 Å². The van der Waals surface area contributed by atoms with Crippen molar-refractivity contribution in [1.82, 2.24) is 4.90 Å². The lowest BCUT2D eigenvalue weighted by Gasteiger charge is -2.24. The number of halogens is 1. The van der Waals surface area contributed by atoms with E-state index < -0.39 is 6.04 Å². The van der Waals surface area contributed by atoms with Crippen LogP contribution in [0.15, 0.2) is 24.3 Å². The van der Waals surface area contributed by atoms with E-state index in [1.165, 1.54) is 17.4 Å². The Balaban J connectivity index is 1.78. The standard InChI is InChI=1S/C23H29FN2O3S/c1-5-29-23(28)20-17-11-10-14(2)12-19(17)30-22(20)25-21(27)15(3)26(4)13-16-8-6-7-9-18(16)24/h6-9,14-15H,5,10-13H2,1-4H3,(H,25,27)/t14-,15+/m1/s1. The zero-order chi connectivity index (χ0) is 21.8. The van der Waals surface area contributed by atoms with Gasteiger partial charge in [0.15, 0.2) is 0 Å². The van der Waals surface area contributed by atoms with Gasteiger partial charge in [-0.15, -0.1) is 11.3 Å². The van der Waals surface area contributed by atoms with Crippen molar-refractivity contribution in [3.05, 3.63) is 51.7 Å². The van der Waals surface area contributed by atoms with Crippen LogP contribution in [0, 0.1) is 11.7 Å². The monoisotopic (exact) mass is 432 g/mol. The molecular weight excluding hydrogens is 403 g/mol. The second-order valence-electron chi connectivity index (χ2n) is 7.95. The van der Waals surface area contributed by atoms with Gasteiger partial charge in [0.2, 0.25) is 5.91 Å². The molecule has 1 aliphatic rings. The van der Waals surface area contributed by atoms with Gasteiger partial charge < -0.3 is 10.1 Å². The molecule has 1 N–H and O–H groups in total. The van der Waals surface area contributed by atoms with Crippen molar-refractivity contribution >= 4 is 28.2 Å². The third-order valence-corrected chi connectivity index (χ3v) is 6.82. The summed E-state index contributed by atoms with van der Waals surface area (Å²) < 4.78 is 19.2. The summed E-state index contributed by atoms with van der Waals surface area (Å²) in [4.78, 5) is 28.5. The van der Waals surface area contributed by atoms with E-state index in [9.17, 15) is 14.0 Å². The molecule has 1 heterocycles. The molecule has 30 heavy (non-hydrogen) atoms. The molecule has 2 aromatic rings. The SMILES string of the molecule is CCOC(=O)c1c(NC(=O)[C@H](C)N(C)Cc2ccccc2F)sc2c1CC[C@@H](C)C2. The van der Waals surface area contributed by atoms with Gasteiger partial charge in [0.25, 0.3) is 0 Å². The van der Waals surface area contributed by atoms with Gasteiger partial charge in [-0.05, 0) is 57.7 Å². The van der Waals surface area contributed by atoms with Gasteiger partial charge in [-0.25, -0.2) is 9.18 Å². The molecule has 0 unspecified atom stereocenters. The Kier molecular flexibility index (Phi) is 7.26. The van der Waals surface area contributed by atoms with Crippen molar-refractivity contribution in [2.45, 2.75) is 52.6 Å². The molecule has 2 atom stereocenters. The molecule has 1 aromatic heterocycles. The fraction of sp³-hybridized carbons (Fsp3) is 0.478. The summed E-state index contributed by atoms with van der Waals surface area (Å²) in [6.07, 6.45) is 2.75. The van der Waals surface area contributed by atoms with Gasteiger partial charge in [0, 0.05) is 17.0 Å². The lowest BCUT2D eigenvalue weighted by atomic mass is 9.88. The molecule has 0 bridgehead atoms. The highest BCUT2D eigenvalue weighted by Gasteiger charge is 2.30. The van der Waals surface area contributed by atoms with Gasteiger partial charge in [-0.3, -0.25) is 9.69 Å². The molecule has 1 aliphatic carbocycles. The van der Waals surface area contributed by atoms with Gasteiger partial charge >= 0.3 is 5.97 Å². The molecule has 162 valence electrons. The van der Waals surface area contributed by atoms with Crippen molar-refractivity contribution in [1.29, 1.82) is 0 Å². The number of nitrogens with one attached hydrogen (secondary N) is 1. The fourth-order valence-electron chi connectivity index (χ4n) is 3.71. The van der Waals surface area contributed by atoms with Crippen LogP contribution in [0.5, 0.6) is 0 Å². The van der Waals surface area contributed by atoms with Crippen LogP contribution in [0.4, 0.5) is 9.39 Å². The smallest absolute Gasteiger partial charge is 0.341 e. The number of nitrogens with zero attached hydrogens (tertiary/aromatic N) is 1. The summed E-state index contributed by atoms with van der Waals surface area (Å²) in [5, 5.41) is 3.51. The average Bonchev–Trinajstić information content (AvgIpc) is 3.05. The molecule has 0 spiro atoms. The molecular formula is C23H29FN2O3S. The largest absolute Gasteiger partial charge is 0.462 e. The van der Waals surface area contributed by atoms with Crippen LogP contribution < -0.4 is 5.32 Å². The van der Waals surface area contributed by atoms with Crippen molar-refractivity contribution in [2.75, 3.05) is 19.0 Å². The van der Waals surface area contributed by atoms with Crippen molar-refractivity contribution < 1.29 is 18.7 Å². The number of ether oxygens (including phenoxy) is 1. The zero-order valence-electron chi connectivity index (χ0n) is 18.0. The predicted octanol–water partition coefficient (Wildman–Crippen LogP) is 4.65. The van der Waals surface area contributed by atoms with Crippen molar-refractivity contribution in [2.24, 2.45) is 5.92 Å². The van der Waals surface area contributed by atoms with E-state index >= 15 is 0 Å². The minimum atomic E-state index is -0.502. The molecule has 5 nitrogen and oxygen atoms in total. The third kappa shape index (κ3) is 4.90. The van der Waals surface area contributed by atoms with E-state index in [1.54, 1.807) is 44.0 Å². The lowest BCUT2D eigenvalue weighted by molar-refractivity contribution is -0.120. The summed E-state index contributed by atoms with van der Waals surface area (Å²) in [7, 11) is 1.78. The van der Waals surface area contributed by atoms with Crippen molar-refractivity contribution in [3.63, 3.8) is 0 Å². The van der Waals surface area contributed by atoms with E-state index in [1.807, 2.05) is 0 Å². The highest BCUT2D eigenvalue weighted by Crippen LogP contribution is 2.40. The number of hydrogen-bond donors (Lipinski definition) is 1. The van der Waals surface area contributed by atoms with E-state index in [0.717, 1.165) is 29.7 Å². The van der Waals surface area contributed by atoms with E-state index in [2.05, 4.69) is 12.2 Å². The summed E-state index contributed by atoms with van der Waals surface area (Å²) in [5.41, 5.74) is 2.05. The number of carbonyl (C=O) groups is 2. The number of anilines is 1. The van der Waals surface area contributed by atoms with Gasteiger partial charge in [0.1, 0.15) is 10.8 Å². The predicted molar refractivity (Wildman–Crippen MR) is 117 cm³/mol. The van der Waals surface area contributed by atoms with Crippen LogP contribution in [-0.2, 0) is 28.9 Å². The van der Waals surface area contributed by atoms with Crippen molar-refractivity contribution in [3.8, 4) is 0 Å². The number of rotatable bonds is 7. The number of likely N-dealkylation sites (N-methyl/N-ethyl adjacent to an activating group) is 1. The van der Waals surface area contributed by atoms with Gasteiger partial charge in [-0.2, -0.15) is 0 Å². The topological polar surface area (TPSA) is 58.6 Å². The molecule has 0 saturated carbocycles. The minimum Gasteiger partial charge on any atom is -0.462 e. The Hall–Kier alpha value is -2.25. The van der Waals surface area contributed by atoms with Crippen LogP contribution in [0.1, 0.15) is 53.6 Å². The van der Waals surface area contributed by atoms with Crippen LogP contribution in [0.25, 0.3) is 0 Å². The Labute approximate surface area is 181 Å². The average molecular weight is 433 g/mol. The maximum atomic E-state index is 14.0. The van der Waals surface area contributed by atoms with E-state index in [0.29, 0.717) is 28.6 Å². The van der Waals surface area contributed by atoms with E-state index in [-0.39, 0.29) is 24.3 Å². The fourth-order valence-corrected chi connectivity index (χ4v) is 5.11. The molecule has 0 radical (unpaired) electrons. The number of amides is 1. The number of hydrogen-bond acceptors (Lipinski definition) is 5. The normalized spacial score (nSPS) is 16.8. The molecule has 0 aliphatic heterocycles. The maximum absolute atomic E-state index is 14.0. The molecule has 1 amide bonds. The Morgan fingerprint density at radius 3 is 2.80 bits per heavy atom. The molecule has 0 fully saturated rings. The Morgan fingerprint density at radius 1 is 1.37 bits per heavy atom. The first-order valence-corrected chi connectivity index (χ1v) is 11.2. The number of carbonyl (C=O) groups excluding carboxylic acids is 2. The summed E-state index contributed by atoms with van der Waals surface area (Å²) in [5.74, 6) is -0.347. The molecule has 0 saturated heterocycles. The van der Waals surface area contributed by atoms with Crippen LogP contribution in [0.3, 0.4) is 0 Å². The molecule has 1 aromatic carbocycles. The first-order chi connectivity index (χ1) is 14.3. The molecule has 7 heteroatoms.